The zero-order chi connectivity index (χ0) is 77.5. The zero-order valence-corrected chi connectivity index (χ0v) is 59.9. The van der Waals surface area contributed by atoms with Crippen molar-refractivity contribution in [3.63, 3.8) is 0 Å². The molecule has 500 valence electrons. The minimum Gasteiger partial charge on any atom is -0.309 e. The molecule has 2 aliphatic rings. The summed E-state index contributed by atoms with van der Waals surface area (Å²) < 4.78 is 77.9. The third-order valence-corrected chi connectivity index (χ3v) is 22.0. The third kappa shape index (κ3) is 10.1. The number of para-hydroxylation sites is 2. The summed E-state index contributed by atoms with van der Waals surface area (Å²) in [5, 5.41) is 9.14. The molecule has 3 heteroatoms. The summed E-state index contributed by atoms with van der Waals surface area (Å²) in [5.74, 6) is -0.509. The van der Waals surface area contributed by atoms with Crippen LogP contribution in [-0.4, -0.2) is 4.57 Å². The van der Waals surface area contributed by atoms with E-state index in [1.165, 1.54) is 16.3 Å². The summed E-state index contributed by atoms with van der Waals surface area (Å²) in [5.41, 5.74) is 21.8. The summed E-state index contributed by atoms with van der Waals surface area (Å²) in [6.45, 7) is 20.7. The van der Waals surface area contributed by atoms with Gasteiger partial charge in [0.1, 0.15) is 0 Å². The van der Waals surface area contributed by atoms with Gasteiger partial charge in [-0.2, -0.15) is 0 Å². The molecule has 3 heterocycles. The van der Waals surface area contributed by atoms with E-state index in [1.54, 1.807) is 4.57 Å². The lowest BCUT2D eigenvalue weighted by Gasteiger charge is -2.47. The van der Waals surface area contributed by atoms with Crippen LogP contribution in [0.5, 0.6) is 0 Å². The first-order valence-corrected chi connectivity index (χ1v) is 36.3. The van der Waals surface area contributed by atoms with Gasteiger partial charge in [-0.3, -0.25) is 0 Å². The highest BCUT2D eigenvalue weighted by molar-refractivity contribution is 6.18. The number of rotatable bonds is 8. The molecule has 0 saturated heterocycles. The van der Waals surface area contributed by atoms with Crippen LogP contribution >= 0.6 is 0 Å². The van der Waals surface area contributed by atoms with Crippen LogP contribution in [0.25, 0.3) is 126 Å². The van der Waals surface area contributed by atoms with Crippen molar-refractivity contribution < 1.29 is 11.0 Å². The number of hydrogen-bond acceptors (Lipinski definition) is 2. The second-order valence-electron chi connectivity index (χ2n) is 31.4. The summed E-state index contributed by atoms with van der Waals surface area (Å²) in [6.07, 6.45) is 0. The maximum absolute atomic E-state index is 9.94. The fourth-order valence-corrected chi connectivity index (χ4v) is 16.8. The Labute approximate surface area is 621 Å². The van der Waals surface area contributed by atoms with E-state index in [9.17, 15) is 8.22 Å². The Kier molecular flexibility index (Phi) is 12.5. The average molecular weight is 1340 g/mol. The topological polar surface area (TPSA) is 11.4 Å². The summed E-state index contributed by atoms with van der Waals surface area (Å²) >= 11 is 0. The number of anilines is 6. The Hall–Kier alpha value is -12.0. The third-order valence-electron chi connectivity index (χ3n) is 22.0. The van der Waals surface area contributed by atoms with Crippen molar-refractivity contribution in [3.05, 3.63) is 355 Å². The molecule has 0 N–H and O–H groups in total. The van der Waals surface area contributed by atoms with Gasteiger partial charge < -0.3 is 14.4 Å². The van der Waals surface area contributed by atoms with Gasteiger partial charge in [0.25, 0.3) is 0 Å². The maximum atomic E-state index is 9.94. The highest BCUT2D eigenvalue weighted by Gasteiger charge is 2.45. The molecule has 17 aromatic rings. The van der Waals surface area contributed by atoms with E-state index in [-0.39, 0.29) is 44.7 Å². The maximum Gasteiger partial charge on any atom is 0.0645 e. The molecular weight excluding hydrogens is 1260 g/mol. The van der Waals surface area contributed by atoms with E-state index in [4.69, 9.17) is 2.74 Å². The van der Waals surface area contributed by atoms with Crippen LogP contribution in [0.15, 0.2) is 321 Å². The number of fused-ring (bicyclic) bond motifs is 13. The molecule has 0 radical (unpaired) electrons. The Balaban J connectivity index is 1.03. The molecule has 0 fully saturated rings. The molecule has 19 rings (SSSR count). The Bertz CT molecular complexity index is 6780. The summed E-state index contributed by atoms with van der Waals surface area (Å²) in [4.78, 5) is 5.12. The molecule has 1 atom stereocenters. The Morgan fingerprint density at radius 2 is 0.712 bits per heavy atom. The molecule has 0 saturated carbocycles. The highest BCUT2D eigenvalue weighted by Crippen LogP contribution is 2.66. The van der Waals surface area contributed by atoms with Gasteiger partial charge in [0.15, 0.2) is 0 Å². The van der Waals surface area contributed by atoms with Crippen molar-refractivity contribution in [1.82, 2.24) is 4.57 Å². The quantitative estimate of drug-likeness (QED) is 0.141. The van der Waals surface area contributed by atoms with Gasteiger partial charge in [0, 0.05) is 50.2 Å². The molecule has 2 aliphatic heterocycles. The van der Waals surface area contributed by atoms with Crippen LogP contribution in [-0.2, 0) is 16.2 Å². The van der Waals surface area contributed by atoms with Crippen molar-refractivity contribution in [3.8, 4) is 61.3 Å². The van der Waals surface area contributed by atoms with Gasteiger partial charge in [0.05, 0.1) is 56.1 Å². The van der Waals surface area contributed by atoms with Crippen molar-refractivity contribution in [2.45, 2.75) is 84.5 Å². The molecule has 104 heavy (non-hydrogen) atoms. The van der Waals surface area contributed by atoms with Gasteiger partial charge in [-0.25, -0.2) is 0 Å². The normalized spacial score (nSPS) is 14.8. The Morgan fingerprint density at radius 3 is 1.21 bits per heavy atom. The molecule has 0 amide bonds. The summed E-state index contributed by atoms with van der Waals surface area (Å²) in [7, 11) is 0. The lowest BCUT2D eigenvalue weighted by molar-refractivity contribution is 0.589. The van der Waals surface area contributed by atoms with Crippen LogP contribution < -0.4 is 9.80 Å². The van der Waals surface area contributed by atoms with E-state index in [0.717, 1.165) is 150 Å². The highest BCUT2D eigenvalue weighted by atomic mass is 15.2. The fraction of sp³-hybridized carbons (Fsp3) is 0.129. The molecule has 1 unspecified atom stereocenters. The van der Waals surface area contributed by atoms with Crippen molar-refractivity contribution in [1.29, 1.82) is 0 Å². The lowest BCUT2D eigenvalue weighted by atomic mass is 9.72. The average Bonchev–Trinajstić information content (AvgIpc) is 0.944. The van der Waals surface area contributed by atoms with Gasteiger partial charge in [-0.1, -0.05) is 311 Å². The molecule has 0 spiro atoms. The van der Waals surface area contributed by atoms with Crippen molar-refractivity contribution in [2.24, 2.45) is 0 Å². The van der Waals surface area contributed by atoms with Crippen LogP contribution in [0.2, 0.25) is 0 Å². The Morgan fingerprint density at radius 1 is 0.279 bits per heavy atom. The fourth-order valence-electron chi connectivity index (χ4n) is 16.8. The SMILES string of the molecule is [2H]c1c([2H])c([2H])c2c(c1[2H])c1c([2H])c([2H])c([2H])c([2H])c1n2-c1ccc2c(c1)N(c1c(-c3ccccc3)cc(C(C)(C)C)cc1-c1cccc3c1ccc1ccccc13)c1cc(C(C)(C)C)cc3c1C2c1cc(-c2ccccc2)ccc1N3c1c(-c2ccccc2)cc(C(C)(C)C)cc1-c1cccc2c1ccc1ccccc12. The molecule has 0 aliphatic carbocycles. The minimum absolute atomic E-state index is 0.0126. The molecule has 1 aromatic heterocycles. The van der Waals surface area contributed by atoms with Crippen molar-refractivity contribution in [2.75, 3.05) is 9.80 Å². The number of hydrogen-bond donors (Lipinski definition) is 0. The predicted octanol–water partition coefficient (Wildman–Crippen LogP) is 28.4. The predicted molar refractivity (Wildman–Crippen MR) is 444 cm³/mol. The standard InChI is InChI=1S/C101H81N3/c1-99(2,3)69-56-84(64-31-15-11-16-32-64)97(86(58-69)77-43-27-41-75-73-37-21-19-35-66(73)47-51-79(75)77)103-91-54-49-68(63-29-13-10-14-30-63)55-88(91)95-83-53-50-72(102-89-45-25-23-39-81(89)82-40-24-26-46-90(82)102)62-92(83)104(94-61-71(101(7,8)9)60-93(103)96(94)95)98-85(65-33-17-12-18-34-65)57-70(100(4,5)6)59-87(98)78-44-28-42-76-74-38-22-20-36-67(74)48-52-80(76)78/h10-62,95H,1-9H3/i23D,24D,25D,26D,39D,40D,45D,46D. The van der Waals surface area contributed by atoms with Gasteiger partial charge in [-0.15, -0.1) is 0 Å². The second kappa shape index (κ2) is 23.8. The first-order valence-electron chi connectivity index (χ1n) is 40.3. The molecule has 0 bridgehead atoms. The van der Waals surface area contributed by atoms with Gasteiger partial charge in [0.2, 0.25) is 0 Å². The smallest absolute Gasteiger partial charge is 0.0645 e. The van der Waals surface area contributed by atoms with Crippen molar-refractivity contribution >= 4 is 99.0 Å². The second-order valence-corrected chi connectivity index (χ2v) is 31.4. The zero-order valence-electron chi connectivity index (χ0n) is 67.9. The first-order chi connectivity index (χ1) is 53.8. The number of aromatic nitrogens is 1. The van der Waals surface area contributed by atoms with Gasteiger partial charge >= 0.3 is 0 Å². The van der Waals surface area contributed by atoms with Crippen LogP contribution in [0.4, 0.5) is 34.1 Å². The monoisotopic (exact) mass is 1340 g/mol. The minimum atomic E-state index is -0.509. The largest absolute Gasteiger partial charge is 0.309 e. The summed E-state index contributed by atoms with van der Waals surface area (Å²) in [6, 6.07) is 96.7. The van der Waals surface area contributed by atoms with Gasteiger partial charge in [-0.05, 0) is 193 Å². The van der Waals surface area contributed by atoms with Crippen LogP contribution in [0, 0.1) is 0 Å². The van der Waals surface area contributed by atoms with E-state index in [2.05, 4.69) is 339 Å². The number of nitrogens with zero attached hydrogens (tertiary/aromatic N) is 3. The van der Waals surface area contributed by atoms with Crippen LogP contribution in [0.1, 0.15) is 113 Å². The molecule has 16 aromatic carbocycles. The lowest BCUT2D eigenvalue weighted by Crippen LogP contribution is -2.31. The molecular formula is C101H81N3. The number of benzene rings is 16. The van der Waals surface area contributed by atoms with E-state index >= 15 is 0 Å². The van der Waals surface area contributed by atoms with E-state index in [0.29, 0.717) is 5.69 Å². The van der Waals surface area contributed by atoms with Crippen LogP contribution in [0.3, 0.4) is 0 Å². The first kappa shape index (κ1) is 54.7. The van der Waals surface area contributed by atoms with E-state index < -0.39 is 47.6 Å². The van der Waals surface area contributed by atoms with E-state index in [1.807, 2.05) is 6.07 Å². The molecule has 3 nitrogen and oxygen atoms in total.